The van der Waals surface area contributed by atoms with Gasteiger partial charge in [-0.2, -0.15) is 0 Å². The molecule has 0 unspecified atom stereocenters. The molecule has 0 spiro atoms. The van der Waals surface area contributed by atoms with Gasteiger partial charge in [-0.1, -0.05) is 6.92 Å². The van der Waals surface area contributed by atoms with Gasteiger partial charge in [0, 0.05) is 76.4 Å². The maximum atomic E-state index is 14.0. The fourth-order valence-electron chi connectivity index (χ4n) is 5.68. The lowest BCUT2D eigenvalue weighted by Crippen LogP contribution is -2.42. The number of carbonyl (C=O) groups is 3. The molecule has 0 radical (unpaired) electrons. The van der Waals surface area contributed by atoms with Crippen molar-refractivity contribution >= 4 is 35.1 Å². The largest absolute Gasteiger partial charge is 0.355 e. The van der Waals surface area contributed by atoms with Gasteiger partial charge in [0.25, 0.3) is 11.5 Å². The van der Waals surface area contributed by atoms with Crippen molar-refractivity contribution in [1.29, 1.82) is 0 Å². The van der Waals surface area contributed by atoms with E-state index in [-0.39, 0.29) is 61.6 Å². The third-order valence-corrected chi connectivity index (χ3v) is 7.98. The van der Waals surface area contributed by atoms with Gasteiger partial charge in [0.2, 0.25) is 11.8 Å². The minimum absolute atomic E-state index is 0.0567. The number of likely N-dealkylation sites (tertiary alicyclic amines) is 1. The van der Waals surface area contributed by atoms with Crippen LogP contribution in [0.2, 0.25) is 0 Å². The summed E-state index contributed by atoms with van der Waals surface area (Å²) in [7, 11) is 0. The highest BCUT2D eigenvalue weighted by Crippen LogP contribution is 2.26. The zero-order chi connectivity index (χ0) is 33.0. The van der Waals surface area contributed by atoms with Crippen LogP contribution in [0, 0.1) is 11.6 Å². The molecule has 1 N–H and O–H groups in total. The molecule has 0 bridgehead atoms. The van der Waals surface area contributed by atoms with Crippen LogP contribution < -0.4 is 21.5 Å². The predicted octanol–water partition coefficient (Wildman–Crippen LogP) is 2.57. The highest BCUT2D eigenvalue weighted by molar-refractivity contribution is 6.07. The molecule has 1 saturated heterocycles. The van der Waals surface area contributed by atoms with Crippen LogP contribution in [0.5, 0.6) is 0 Å². The van der Waals surface area contributed by atoms with Crippen molar-refractivity contribution in [2.45, 2.75) is 59.0 Å². The summed E-state index contributed by atoms with van der Waals surface area (Å²) in [5, 5.41) is 2.66. The van der Waals surface area contributed by atoms with Crippen LogP contribution in [0.1, 0.15) is 61.0 Å². The van der Waals surface area contributed by atoms with E-state index in [0.717, 1.165) is 18.6 Å². The Balaban J connectivity index is 1.42. The molecule has 46 heavy (non-hydrogen) atoms. The van der Waals surface area contributed by atoms with E-state index in [0.29, 0.717) is 49.2 Å². The Morgan fingerprint density at radius 3 is 2.48 bits per heavy atom. The minimum atomic E-state index is -1.15. The monoisotopic (exact) mass is 635 g/mol. The van der Waals surface area contributed by atoms with Crippen LogP contribution in [0.15, 0.2) is 51.1 Å². The average Bonchev–Trinajstić information content (AvgIpc) is 3.67. The number of hydrogen-bond donors (Lipinski definition) is 1. The Kier molecular flexibility index (Phi) is 9.83. The maximum absolute atomic E-state index is 14.0. The molecule has 5 rings (SSSR count). The quantitative estimate of drug-likeness (QED) is 0.325. The molecule has 0 aliphatic carbocycles. The molecule has 3 aromatic rings. The lowest BCUT2D eigenvalue weighted by Gasteiger charge is -2.24. The first-order chi connectivity index (χ1) is 22.1. The van der Waals surface area contributed by atoms with Crippen molar-refractivity contribution < 1.29 is 23.2 Å². The van der Waals surface area contributed by atoms with E-state index in [4.69, 9.17) is 0 Å². The van der Waals surface area contributed by atoms with Gasteiger partial charge in [0.05, 0.1) is 11.3 Å². The third kappa shape index (κ3) is 6.80. The summed E-state index contributed by atoms with van der Waals surface area (Å²) in [4.78, 5) is 75.7. The van der Waals surface area contributed by atoms with Gasteiger partial charge in [-0.15, -0.1) is 0 Å². The van der Waals surface area contributed by atoms with Crippen molar-refractivity contribution in [2.75, 3.05) is 31.1 Å². The second kappa shape index (κ2) is 14.0. The Morgan fingerprint density at radius 2 is 1.83 bits per heavy atom. The van der Waals surface area contributed by atoms with Gasteiger partial charge in [-0.3, -0.25) is 33.2 Å². The topological polar surface area (TPSA) is 139 Å². The number of anilines is 1. The highest BCUT2D eigenvalue weighted by Gasteiger charge is 2.27. The van der Waals surface area contributed by atoms with Crippen molar-refractivity contribution in [1.82, 2.24) is 24.3 Å². The first kappa shape index (κ1) is 32.4. The van der Waals surface area contributed by atoms with E-state index in [1.165, 1.54) is 33.2 Å². The number of benzene rings is 1. The second-order valence-corrected chi connectivity index (χ2v) is 11.2. The van der Waals surface area contributed by atoms with Crippen molar-refractivity contribution in [3.8, 4) is 0 Å². The number of pyridine rings is 1. The first-order valence-electron chi connectivity index (χ1n) is 15.3. The highest BCUT2D eigenvalue weighted by atomic mass is 19.2. The number of hydrogen-bond acceptors (Lipinski definition) is 7. The number of fused-ring (bicyclic) bond motifs is 1. The standard InChI is InChI=1S/C32H35F2N7O5/c1-3-12-41-31(45)23-18-26(37-29(23)40(32(41)46)16-11-35-20(2)42)22-8-10-27(36-19-22)39(15-5-14-38-13-4-6-28(38)43)30(44)21-7-9-24(33)25(34)17-21/h7-10,17,19H,3-6,11-16,18H2,1-2H3,(H,35,42). The summed E-state index contributed by atoms with van der Waals surface area (Å²) in [5.74, 6) is -2.51. The number of halogens is 2. The second-order valence-electron chi connectivity index (χ2n) is 11.2. The van der Waals surface area contributed by atoms with E-state index in [1.807, 2.05) is 6.92 Å². The normalized spacial score (nSPS) is 14.0. The molecule has 242 valence electrons. The minimum Gasteiger partial charge on any atom is -0.355 e. The number of amides is 3. The van der Waals surface area contributed by atoms with E-state index in [9.17, 15) is 32.8 Å². The Labute approximate surface area is 263 Å². The van der Waals surface area contributed by atoms with Crippen molar-refractivity contribution in [3.63, 3.8) is 0 Å². The number of nitrogens with zero attached hydrogens (tertiary/aromatic N) is 6. The van der Waals surface area contributed by atoms with Gasteiger partial charge >= 0.3 is 5.69 Å². The fourth-order valence-corrected chi connectivity index (χ4v) is 5.68. The summed E-state index contributed by atoms with van der Waals surface area (Å²) < 4.78 is 30.2. The van der Waals surface area contributed by atoms with Crippen molar-refractivity contribution in [2.24, 2.45) is 4.99 Å². The zero-order valence-electron chi connectivity index (χ0n) is 25.7. The molecule has 3 amide bonds. The summed E-state index contributed by atoms with van der Waals surface area (Å²) in [6.45, 7) is 5.04. The van der Waals surface area contributed by atoms with Crippen LogP contribution in [-0.4, -0.2) is 68.6 Å². The Hall–Kier alpha value is -5.01. The zero-order valence-corrected chi connectivity index (χ0v) is 25.7. The van der Waals surface area contributed by atoms with Gasteiger partial charge in [-0.25, -0.2) is 23.6 Å². The predicted molar refractivity (Wildman–Crippen MR) is 167 cm³/mol. The molecule has 0 saturated carbocycles. The van der Waals surface area contributed by atoms with E-state index >= 15 is 0 Å². The molecule has 14 heteroatoms. The number of rotatable bonds is 12. The van der Waals surface area contributed by atoms with E-state index in [2.05, 4.69) is 15.3 Å². The number of carbonyl (C=O) groups excluding carboxylic acids is 3. The van der Waals surface area contributed by atoms with Crippen LogP contribution in [0.4, 0.5) is 20.4 Å². The number of nitrogens with one attached hydrogen (secondary N) is 1. The number of aliphatic imine (C=N–C) groups is 1. The molecular weight excluding hydrogens is 600 g/mol. The van der Waals surface area contributed by atoms with Gasteiger partial charge < -0.3 is 10.2 Å². The van der Waals surface area contributed by atoms with Gasteiger partial charge in [0.15, 0.2) is 11.6 Å². The SMILES string of the molecule is CCCn1c(=O)c2c(n(CCNC(C)=O)c1=O)N=C(c1ccc(N(CCCN3CCCC3=O)C(=O)c3ccc(F)c(F)c3)nc1)C2. The lowest BCUT2D eigenvalue weighted by molar-refractivity contribution is -0.127. The van der Waals surface area contributed by atoms with Crippen LogP contribution in [-0.2, 0) is 29.1 Å². The van der Waals surface area contributed by atoms with Gasteiger partial charge in [-0.05, 0) is 49.6 Å². The molecule has 2 aliphatic heterocycles. The van der Waals surface area contributed by atoms with Crippen LogP contribution in [0.3, 0.4) is 0 Å². The lowest BCUT2D eigenvalue weighted by atomic mass is 10.1. The van der Waals surface area contributed by atoms with Crippen LogP contribution >= 0.6 is 0 Å². The molecule has 0 atom stereocenters. The van der Waals surface area contributed by atoms with Crippen LogP contribution in [0.25, 0.3) is 0 Å². The summed E-state index contributed by atoms with van der Waals surface area (Å²) >= 11 is 0. The maximum Gasteiger partial charge on any atom is 0.332 e. The molecule has 1 fully saturated rings. The average molecular weight is 636 g/mol. The first-order valence-corrected chi connectivity index (χ1v) is 15.3. The summed E-state index contributed by atoms with van der Waals surface area (Å²) in [6.07, 6.45) is 3.94. The van der Waals surface area contributed by atoms with E-state index in [1.54, 1.807) is 17.0 Å². The smallest absolute Gasteiger partial charge is 0.332 e. The third-order valence-electron chi connectivity index (χ3n) is 7.98. The van der Waals surface area contributed by atoms with Gasteiger partial charge in [0.1, 0.15) is 11.6 Å². The molecule has 1 aromatic carbocycles. The molecular formula is C32H35F2N7O5. The molecule has 12 nitrogen and oxygen atoms in total. The fraction of sp³-hybridized carbons (Fsp3) is 0.406. The number of aromatic nitrogens is 3. The van der Waals surface area contributed by atoms with Crippen molar-refractivity contribution in [3.05, 3.63) is 85.7 Å². The summed E-state index contributed by atoms with van der Waals surface area (Å²) in [6, 6.07) is 6.21. The Morgan fingerprint density at radius 1 is 1.02 bits per heavy atom. The Bertz CT molecular complexity index is 1820. The molecule has 2 aliphatic rings. The summed E-state index contributed by atoms with van der Waals surface area (Å²) in [5.41, 5.74) is 0.446. The molecule has 4 heterocycles. The van der Waals surface area contributed by atoms with E-state index < -0.39 is 28.8 Å². The molecule has 2 aromatic heterocycles.